The van der Waals surface area contributed by atoms with Crippen LogP contribution in [0.5, 0.6) is 0 Å². The maximum Gasteiger partial charge on any atom is 0.321 e. The average molecular weight is 418 g/mol. The summed E-state index contributed by atoms with van der Waals surface area (Å²) in [6, 6.07) is 13.4. The predicted molar refractivity (Wildman–Crippen MR) is 115 cm³/mol. The van der Waals surface area contributed by atoms with Crippen molar-refractivity contribution in [1.29, 1.82) is 0 Å². The minimum Gasteiger partial charge on any atom is -0.351 e. The van der Waals surface area contributed by atoms with E-state index in [-0.39, 0.29) is 30.3 Å². The fraction of sp³-hybridized carbons (Fsp3) is 0.250. The van der Waals surface area contributed by atoms with Crippen LogP contribution in [0.25, 0.3) is 0 Å². The van der Waals surface area contributed by atoms with E-state index in [0.717, 1.165) is 6.42 Å². The summed E-state index contributed by atoms with van der Waals surface area (Å²) >= 11 is 0. The zero-order valence-electron chi connectivity index (χ0n) is 15.8. The highest BCUT2D eigenvalue weighted by molar-refractivity contribution is 6.09. The molecule has 2 aromatic carbocycles. The summed E-state index contributed by atoms with van der Waals surface area (Å²) in [5.41, 5.74) is 7.23. The Hall–Kier alpha value is -3.10. The Morgan fingerprint density at radius 1 is 1.10 bits per heavy atom. The maximum absolute atomic E-state index is 12.7. The van der Waals surface area contributed by atoms with Crippen molar-refractivity contribution in [2.75, 3.05) is 36.4 Å². The Morgan fingerprint density at radius 2 is 1.90 bits per heavy atom. The van der Waals surface area contributed by atoms with Gasteiger partial charge in [-0.2, -0.15) is 0 Å². The Balaban J connectivity index is 0.00000300. The largest absolute Gasteiger partial charge is 0.351 e. The van der Waals surface area contributed by atoms with Gasteiger partial charge in [-0.15, -0.1) is 12.4 Å². The van der Waals surface area contributed by atoms with Crippen LogP contribution in [0.15, 0.2) is 48.5 Å². The SMILES string of the molecule is Cl.NCCNC(=O)c1ccccc1NC(=O)c1cccc(N2CCCNC2=O)c1. The number of urea groups is 1. The van der Waals surface area contributed by atoms with Gasteiger partial charge in [0.2, 0.25) is 0 Å². The molecule has 3 rings (SSSR count). The van der Waals surface area contributed by atoms with Crippen LogP contribution in [-0.4, -0.2) is 44.0 Å². The summed E-state index contributed by atoms with van der Waals surface area (Å²) in [5.74, 6) is -0.668. The molecule has 1 aliphatic heterocycles. The van der Waals surface area contributed by atoms with Gasteiger partial charge in [0.1, 0.15) is 0 Å². The fourth-order valence-electron chi connectivity index (χ4n) is 2.96. The molecule has 1 saturated heterocycles. The topological polar surface area (TPSA) is 117 Å². The smallest absolute Gasteiger partial charge is 0.321 e. The number of hydrogen-bond donors (Lipinski definition) is 4. The molecule has 0 atom stereocenters. The second kappa shape index (κ2) is 10.4. The molecule has 0 radical (unpaired) electrons. The molecule has 2 aromatic rings. The number of nitrogens with zero attached hydrogens (tertiary/aromatic N) is 1. The Labute approximate surface area is 175 Å². The molecule has 0 aromatic heterocycles. The average Bonchev–Trinajstić information content (AvgIpc) is 2.73. The standard InChI is InChI=1S/C20H23N5O3.ClH/c21-9-11-22-19(27)16-7-1-2-8-17(16)24-18(26)14-5-3-6-15(13-14)25-12-4-10-23-20(25)28;/h1-3,5-8,13H,4,9-12,21H2,(H,22,27)(H,23,28)(H,24,26);1H. The number of amides is 4. The molecule has 0 bridgehead atoms. The first kappa shape index (κ1) is 22.2. The van der Waals surface area contributed by atoms with Crippen LogP contribution < -0.4 is 26.6 Å². The van der Waals surface area contributed by atoms with E-state index in [2.05, 4.69) is 16.0 Å². The number of rotatable bonds is 6. The molecule has 154 valence electrons. The lowest BCUT2D eigenvalue weighted by atomic mass is 10.1. The molecule has 4 amide bonds. The number of nitrogens with one attached hydrogen (secondary N) is 3. The first-order chi connectivity index (χ1) is 13.6. The Morgan fingerprint density at radius 3 is 2.66 bits per heavy atom. The highest BCUT2D eigenvalue weighted by atomic mass is 35.5. The van der Waals surface area contributed by atoms with Crippen molar-refractivity contribution in [3.63, 3.8) is 0 Å². The summed E-state index contributed by atoms with van der Waals surface area (Å²) in [5, 5.41) is 8.26. The van der Waals surface area contributed by atoms with Crippen molar-refractivity contribution in [3.05, 3.63) is 59.7 Å². The monoisotopic (exact) mass is 417 g/mol. The van der Waals surface area contributed by atoms with Crippen LogP contribution in [0.2, 0.25) is 0 Å². The van der Waals surface area contributed by atoms with Crippen LogP contribution in [0, 0.1) is 0 Å². The highest BCUT2D eigenvalue weighted by Gasteiger charge is 2.20. The van der Waals surface area contributed by atoms with Gasteiger partial charge in [0, 0.05) is 37.4 Å². The van der Waals surface area contributed by atoms with E-state index in [4.69, 9.17) is 5.73 Å². The molecular weight excluding hydrogens is 394 g/mol. The third-order valence-corrected chi connectivity index (χ3v) is 4.35. The number of para-hydroxylation sites is 1. The van der Waals surface area contributed by atoms with E-state index in [1.165, 1.54) is 0 Å². The fourth-order valence-corrected chi connectivity index (χ4v) is 2.96. The molecule has 1 fully saturated rings. The third-order valence-electron chi connectivity index (χ3n) is 4.35. The van der Waals surface area contributed by atoms with E-state index < -0.39 is 0 Å². The number of hydrogen-bond acceptors (Lipinski definition) is 4. The molecule has 8 nitrogen and oxygen atoms in total. The first-order valence-electron chi connectivity index (χ1n) is 9.14. The lowest BCUT2D eigenvalue weighted by Gasteiger charge is -2.27. The maximum atomic E-state index is 12.7. The highest BCUT2D eigenvalue weighted by Crippen LogP contribution is 2.21. The van der Waals surface area contributed by atoms with Crippen molar-refractivity contribution in [2.45, 2.75) is 6.42 Å². The quantitative estimate of drug-likeness (QED) is 0.574. The van der Waals surface area contributed by atoms with Gasteiger partial charge in [-0.05, 0) is 36.8 Å². The van der Waals surface area contributed by atoms with Crippen LogP contribution in [0.3, 0.4) is 0 Å². The van der Waals surface area contributed by atoms with Crippen LogP contribution in [-0.2, 0) is 0 Å². The first-order valence-corrected chi connectivity index (χ1v) is 9.14. The van der Waals surface area contributed by atoms with Crippen LogP contribution in [0.1, 0.15) is 27.1 Å². The van der Waals surface area contributed by atoms with E-state index in [9.17, 15) is 14.4 Å². The van der Waals surface area contributed by atoms with Gasteiger partial charge in [0.15, 0.2) is 0 Å². The number of carbonyl (C=O) groups is 3. The molecule has 0 saturated carbocycles. The van der Waals surface area contributed by atoms with Gasteiger partial charge in [0.25, 0.3) is 11.8 Å². The van der Waals surface area contributed by atoms with Gasteiger partial charge in [-0.25, -0.2) is 4.79 Å². The van der Waals surface area contributed by atoms with Crippen LogP contribution in [0.4, 0.5) is 16.2 Å². The summed E-state index contributed by atoms with van der Waals surface area (Å²) in [6.07, 6.45) is 0.841. The lowest BCUT2D eigenvalue weighted by molar-refractivity contribution is 0.0955. The lowest BCUT2D eigenvalue weighted by Crippen LogP contribution is -2.46. The van der Waals surface area contributed by atoms with Gasteiger partial charge >= 0.3 is 6.03 Å². The summed E-state index contributed by atoms with van der Waals surface area (Å²) in [4.78, 5) is 38.6. The van der Waals surface area contributed by atoms with E-state index in [0.29, 0.717) is 48.7 Å². The van der Waals surface area contributed by atoms with Gasteiger partial charge in [0.05, 0.1) is 11.3 Å². The molecule has 5 N–H and O–H groups in total. The van der Waals surface area contributed by atoms with E-state index in [1.54, 1.807) is 53.4 Å². The van der Waals surface area contributed by atoms with Crippen LogP contribution >= 0.6 is 12.4 Å². The van der Waals surface area contributed by atoms with Crippen molar-refractivity contribution in [1.82, 2.24) is 10.6 Å². The number of halogens is 1. The molecule has 0 unspecified atom stereocenters. The van der Waals surface area contributed by atoms with Gasteiger partial charge in [-0.3, -0.25) is 14.5 Å². The molecule has 1 aliphatic rings. The molecule has 1 heterocycles. The second-order valence-electron chi connectivity index (χ2n) is 6.33. The van der Waals surface area contributed by atoms with Crippen molar-refractivity contribution >= 4 is 41.6 Å². The minimum atomic E-state index is -0.363. The minimum absolute atomic E-state index is 0. The summed E-state index contributed by atoms with van der Waals surface area (Å²) in [7, 11) is 0. The molecule has 0 spiro atoms. The molecule has 0 aliphatic carbocycles. The van der Waals surface area contributed by atoms with E-state index >= 15 is 0 Å². The molecular formula is C20H24ClN5O3. The number of benzene rings is 2. The summed E-state index contributed by atoms with van der Waals surface area (Å²) in [6.45, 7) is 1.93. The molecule has 9 heteroatoms. The predicted octanol–water partition coefficient (Wildman–Crippen LogP) is 1.97. The van der Waals surface area contributed by atoms with Crippen molar-refractivity contribution in [3.8, 4) is 0 Å². The van der Waals surface area contributed by atoms with Crippen molar-refractivity contribution < 1.29 is 14.4 Å². The second-order valence-corrected chi connectivity index (χ2v) is 6.33. The number of nitrogens with two attached hydrogens (primary N) is 1. The van der Waals surface area contributed by atoms with Crippen molar-refractivity contribution in [2.24, 2.45) is 5.73 Å². The number of carbonyl (C=O) groups excluding carboxylic acids is 3. The normalized spacial score (nSPS) is 13.1. The zero-order chi connectivity index (χ0) is 19.9. The van der Waals surface area contributed by atoms with Gasteiger partial charge in [-0.1, -0.05) is 18.2 Å². The molecule has 29 heavy (non-hydrogen) atoms. The van der Waals surface area contributed by atoms with E-state index in [1.807, 2.05) is 0 Å². The zero-order valence-corrected chi connectivity index (χ0v) is 16.6. The summed E-state index contributed by atoms with van der Waals surface area (Å²) < 4.78 is 0. The third kappa shape index (κ3) is 5.46. The number of anilines is 2. The van der Waals surface area contributed by atoms with Gasteiger partial charge < -0.3 is 21.7 Å². The Kier molecular flexibility index (Phi) is 7.99. The Bertz CT molecular complexity index is 890.